The van der Waals surface area contributed by atoms with Gasteiger partial charge in [-0.2, -0.15) is 4.98 Å². The van der Waals surface area contributed by atoms with E-state index in [1.807, 2.05) is 37.5 Å². The van der Waals surface area contributed by atoms with Gasteiger partial charge < -0.3 is 19.4 Å². The van der Waals surface area contributed by atoms with Crippen LogP contribution < -0.4 is 4.74 Å². The Morgan fingerprint density at radius 1 is 1.29 bits per heavy atom. The first-order valence-corrected chi connectivity index (χ1v) is 10.3. The van der Waals surface area contributed by atoms with E-state index in [-0.39, 0.29) is 6.42 Å². The third kappa shape index (κ3) is 3.49. The fourth-order valence-electron chi connectivity index (χ4n) is 4.00. The maximum atomic E-state index is 11.4. The zero-order chi connectivity index (χ0) is 21.7. The molecule has 1 atom stereocenters. The van der Waals surface area contributed by atoms with Gasteiger partial charge in [0.05, 0.1) is 16.1 Å². The molecule has 31 heavy (non-hydrogen) atoms. The molecule has 0 spiro atoms. The summed E-state index contributed by atoms with van der Waals surface area (Å²) in [6, 6.07) is 12.4. The Kier molecular flexibility index (Phi) is 4.59. The molecular formula is C24H20ClN3O3. The number of H-pyrrole nitrogens is 1. The number of ether oxygens (including phenoxy) is 1. The smallest absolute Gasteiger partial charge is 0.331 e. The van der Waals surface area contributed by atoms with E-state index in [0.29, 0.717) is 16.6 Å². The topological polar surface area (TPSA) is 80.1 Å². The van der Waals surface area contributed by atoms with Crippen LogP contribution in [0, 0.1) is 0 Å². The van der Waals surface area contributed by atoms with Crippen molar-refractivity contribution in [1.29, 1.82) is 0 Å². The highest BCUT2D eigenvalue weighted by atomic mass is 35.5. The summed E-state index contributed by atoms with van der Waals surface area (Å²) in [6.45, 7) is 1.79. The van der Waals surface area contributed by atoms with Crippen LogP contribution in [0.3, 0.4) is 0 Å². The molecule has 5 rings (SSSR count). The van der Waals surface area contributed by atoms with Crippen molar-refractivity contribution in [3.63, 3.8) is 0 Å². The van der Waals surface area contributed by atoms with E-state index in [0.717, 1.165) is 38.6 Å². The minimum absolute atomic E-state index is 0.289. The molecule has 0 fully saturated rings. The summed E-state index contributed by atoms with van der Waals surface area (Å²) in [5.41, 5.74) is 5.64. The second-order valence-electron chi connectivity index (χ2n) is 7.78. The van der Waals surface area contributed by atoms with Gasteiger partial charge in [-0.1, -0.05) is 23.7 Å². The summed E-state index contributed by atoms with van der Waals surface area (Å²) in [5.74, 6) is -0.924. The molecule has 2 heterocycles. The molecule has 2 N–H and O–H groups in total. The number of fused-ring (bicyclic) bond motifs is 2. The lowest BCUT2D eigenvalue weighted by Crippen LogP contribution is -2.21. The lowest BCUT2D eigenvalue weighted by molar-refractivity contribution is -0.133. The Morgan fingerprint density at radius 2 is 2.13 bits per heavy atom. The lowest BCUT2D eigenvalue weighted by Gasteiger charge is -2.18. The molecule has 2 aromatic carbocycles. The first kappa shape index (κ1) is 19.5. The Bertz CT molecular complexity index is 1410. The molecule has 1 aliphatic rings. The van der Waals surface area contributed by atoms with Crippen LogP contribution in [0.15, 0.2) is 65.9 Å². The van der Waals surface area contributed by atoms with Crippen molar-refractivity contribution in [1.82, 2.24) is 14.5 Å². The third-order valence-corrected chi connectivity index (χ3v) is 6.02. The number of aliphatic carboxylic acids is 1. The third-order valence-electron chi connectivity index (χ3n) is 5.71. The standard InChI is InChI=1S/C24H20ClN3O3/c1-13-3-5-16(10-17(13)23(29)30)31-24-26-20-11-18(19(25)12-21(20)27-24)14-4-6-22-15(9-14)7-8-28(22)2/h3-9,11-12,16H,10H2,1-2H3,(H,26,27)(H,29,30). The predicted molar refractivity (Wildman–Crippen MR) is 122 cm³/mol. The molecule has 156 valence electrons. The van der Waals surface area contributed by atoms with Crippen molar-refractivity contribution < 1.29 is 14.6 Å². The molecule has 0 bridgehead atoms. The Hall–Kier alpha value is -3.51. The highest BCUT2D eigenvalue weighted by Gasteiger charge is 2.22. The summed E-state index contributed by atoms with van der Waals surface area (Å²) >= 11 is 6.59. The zero-order valence-corrected chi connectivity index (χ0v) is 17.8. The van der Waals surface area contributed by atoms with Gasteiger partial charge in [0.15, 0.2) is 0 Å². The molecular weight excluding hydrogens is 414 g/mol. The number of hydrogen-bond acceptors (Lipinski definition) is 3. The number of nitrogens with zero attached hydrogens (tertiary/aromatic N) is 2. The fourth-order valence-corrected chi connectivity index (χ4v) is 4.27. The quantitative estimate of drug-likeness (QED) is 0.446. The SMILES string of the molecule is CC1=C(C(=O)O)CC(Oc2nc3cc(-c4ccc5c(ccn5C)c4)c(Cl)cc3[nH]2)C=C1. The average molecular weight is 434 g/mol. The first-order valence-electron chi connectivity index (χ1n) is 9.91. The summed E-state index contributed by atoms with van der Waals surface area (Å²) in [4.78, 5) is 19.1. The molecule has 1 aliphatic carbocycles. The van der Waals surface area contributed by atoms with E-state index < -0.39 is 12.1 Å². The van der Waals surface area contributed by atoms with Crippen LogP contribution in [-0.4, -0.2) is 31.7 Å². The number of aromatic amines is 1. The van der Waals surface area contributed by atoms with Crippen LogP contribution in [0.2, 0.25) is 5.02 Å². The molecule has 4 aromatic rings. The molecule has 7 heteroatoms. The monoisotopic (exact) mass is 433 g/mol. The molecule has 1 unspecified atom stereocenters. The number of carboxylic acid groups (broad SMARTS) is 1. The molecule has 0 amide bonds. The van der Waals surface area contributed by atoms with E-state index in [4.69, 9.17) is 16.3 Å². The average Bonchev–Trinajstić information content (AvgIpc) is 3.30. The van der Waals surface area contributed by atoms with Crippen molar-refractivity contribution in [2.45, 2.75) is 19.4 Å². The second kappa shape index (κ2) is 7.32. The van der Waals surface area contributed by atoms with E-state index in [2.05, 4.69) is 32.7 Å². The number of allylic oxidation sites excluding steroid dienone is 2. The van der Waals surface area contributed by atoms with E-state index in [9.17, 15) is 9.90 Å². The van der Waals surface area contributed by atoms with Crippen LogP contribution in [0.25, 0.3) is 33.1 Å². The van der Waals surface area contributed by atoms with Crippen LogP contribution in [0.1, 0.15) is 13.3 Å². The highest BCUT2D eigenvalue weighted by Crippen LogP contribution is 2.34. The van der Waals surface area contributed by atoms with Crippen molar-refractivity contribution in [2.75, 3.05) is 0 Å². The number of nitrogens with one attached hydrogen (secondary N) is 1. The van der Waals surface area contributed by atoms with Gasteiger partial charge in [-0.25, -0.2) is 4.79 Å². The van der Waals surface area contributed by atoms with Crippen molar-refractivity contribution in [3.8, 4) is 17.1 Å². The molecule has 0 aliphatic heterocycles. The van der Waals surface area contributed by atoms with Crippen LogP contribution >= 0.6 is 11.6 Å². The molecule has 2 aromatic heterocycles. The maximum Gasteiger partial charge on any atom is 0.331 e. The summed E-state index contributed by atoms with van der Waals surface area (Å²) < 4.78 is 7.99. The number of rotatable bonds is 4. The number of aryl methyl sites for hydroxylation is 1. The predicted octanol–water partition coefficient (Wildman–Crippen LogP) is 5.48. The van der Waals surface area contributed by atoms with Gasteiger partial charge >= 0.3 is 5.97 Å². The van der Waals surface area contributed by atoms with Crippen molar-refractivity contribution >= 4 is 39.5 Å². The number of hydrogen-bond donors (Lipinski definition) is 2. The Balaban J connectivity index is 1.45. The van der Waals surface area contributed by atoms with Gasteiger partial charge in [0.1, 0.15) is 6.10 Å². The maximum absolute atomic E-state index is 11.4. The number of carboxylic acids is 1. The summed E-state index contributed by atoms with van der Waals surface area (Å²) in [6.07, 6.45) is 5.55. The Morgan fingerprint density at radius 3 is 2.94 bits per heavy atom. The zero-order valence-electron chi connectivity index (χ0n) is 17.0. The number of carbonyl (C=O) groups is 1. The van der Waals surface area contributed by atoms with Gasteiger partial charge in [-0.05, 0) is 54.5 Å². The van der Waals surface area contributed by atoms with Crippen molar-refractivity contribution in [3.05, 3.63) is 70.9 Å². The minimum atomic E-state index is -0.924. The van der Waals surface area contributed by atoms with Gasteiger partial charge in [0.25, 0.3) is 6.01 Å². The molecule has 6 nitrogen and oxygen atoms in total. The van der Waals surface area contributed by atoms with Crippen LogP contribution in [0.4, 0.5) is 0 Å². The van der Waals surface area contributed by atoms with Crippen molar-refractivity contribution in [2.24, 2.45) is 7.05 Å². The van der Waals surface area contributed by atoms with Gasteiger partial charge in [0, 0.05) is 41.7 Å². The summed E-state index contributed by atoms with van der Waals surface area (Å²) in [7, 11) is 2.02. The number of imidazole rings is 1. The van der Waals surface area contributed by atoms with Gasteiger partial charge in [0.2, 0.25) is 0 Å². The normalized spacial score (nSPS) is 16.4. The fraction of sp³-hybridized carbons (Fsp3) is 0.167. The lowest BCUT2D eigenvalue weighted by atomic mass is 9.97. The number of aromatic nitrogens is 3. The summed E-state index contributed by atoms with van der Waals surface area (Å²) in [5, 5.41) is 11.1. The Labute approximate surface area is 183 Å². The first-order chi connectivity index (χ1) is 14.9. The molecule has 0 saturated heterocycles. The molecule has 0 radical (unpaired) electrons. The molecule has 0 saturated carbocycles. The van der Waals surface area contributed by atoms with Crippen LogP contribution in [0.5, 0.6) is 6.01 Å². The van der Waals surface area contributed by atoms with Crippen LogP contribution in [-0.2, 0) is 11.8 Å². The van der Waals surface area contributed by atoms with E-state index in [1.54, 1.807) is 13.0 Å². The van der Waals surface area contributed by atoms with E-state index >= 15 is 0 Å². The van der Waals surface area contributed by atoms with Gasteiger partial charge in [-0.3, -0.25) is 0 Å². The minimum Gasteiger partial charge on any atom is -0.478 e. The van der Waals surface area contributed by atoms with Gasteiger partial charge in [-0.15, -0.1) is 0 Å². The highest BCUT2D eigenvalue weighted by molar-refractivity contribution is 6.34. The van der Waals surface area contributed by atoms with E-state index in [1.165, 1.54) is 0 Å². The number of halogens is 1. The second-order valence-corrected chi connectivity index (χ2v) is 8.18. The largest absolute Gasteiger partial charge is 0.478 e. The number of benzene rings is 2.